The highest BCUT2D eigenvalue weighted by Crippen LogP contribution is 2.25. The fourth-order valence-corrected chi connectivity index (χ4v) is 4.49. The van der Waals surface area contributed by atoms with Crippen LogP contribution in [0.15, 0.2) is 106 Å². The molecule has 0 saturated heterocycles. The van der Waals surface area contributed by atoms with Gasteiger partial charge >= 0.3 is 0 Å². The normalized spacial score (nSPS) is 9.82. The second-order valence-corrected chi connectivity index (χ2v) is 11.7. The maximum Gasteiger partial charge on any atom is 0.119 e. The molecule has 5 heteroatoms. The zero-order valence-electron chi connectivity index (χ0n) is 22.9. The Morgan fingerprint density at radius 3 is 1.30 bits per heavy atom. The summed E-state index contributed by atoms with van der Waals surface area (Å²) in [5.74, 6) is 1.25. The van der Waals surface area contributed by atoms with E-state index in [9.17, 15) is 0 Å². The highest BCUT2D eigenvalue weighted by Gasteiger charge is 1.99. The maximum atomic E-state index is 9.14. The van der Waals surface area contributed by atoms with E-state index in [1.54, 1.807) is 12.1 Å². The highest BCUT2D eigenvalue weighted by atomic mass is 79.9. The van der Waals surface area contributed by atoms with Crippen LogP contribution in [0.4, 0.5) is 0 Å². The van der Waals surface area contributed by atoms with Crippen molar-refractivity contribution in [3.05, 3.63) is 106 Å². The molecule has 2 nitrogen and oxygen atoms in total. The summed E-state index contributed by atoms with van der Waals surface area (Å²) in [6.45, 7) is 5.22. The fraction of sp³-hybridized carbons (Fsp3) is 0.314. The number of hydrogen-bond donors (Lipinski definition) is 1. The molecule has 0 radical (unpaired) electrons. The molecule has 4 aromatic carbocycles. The summed E-state index contributed by atoms with van der Waals surface area (Å²) >= 11 is 10.2. The number of halogens is 3. The first-order valence-corrected chi connectivity index (χ1v) is 16.3. The summed E-state index contributed by atoms with van der Waals surface area (Å²) in [4.78, 5) is 0. The monoisotopic (exact) mass is 732 g/mol. The first kappa shape index (κ1) is 35.9. The van der Waals surface area contributed by atoms with Gasteiger partial charge in [-0.05, 0) is 83.6 Å². The first-order valence-electron chi connectivity index (χ1n) is 13.6. The van der Waals surface area contributed by atoms with Crippen molar-refractivity contribution in [2.24, 2.45) is 0 Å². The van der Waals surface area contributed by atoms with Crippen molar-refractivity contribution in [3.8, 4) is 33.8 Å². The van der Waals surface area contributed by atoms with Crippen LogP contribution in [-0.2, 0) is 0 Å². The summed E-state index contributed by atoms with van der Waals surface area (Å²) in [6, 6.07) is 31.9. The summed E-state index contributed by atoms with van der Waals surface area (Å²) in [6.07, 6.45) is 7.61. The molecule has 0 spiro atoms. The van der Waals surface area contributed by atoms with Gasteiger partial charge in [-0.1, -0.05) is 143 Å². The van der Waals surface area contributed by atoms with Gasteiger partial charge in [-0.15, -0.1) is 0 Å². The smallest absolute Gasteiger partial charge is 0.119 e. The third-order valence-corrected chi connectivity index (χ3v) is 7.45. The minimum absolute atomic E-state index is 0. The van der Waals surface area contributed by atoms with Crippen LogP contribution in [0, 0.1) is 0 Å². The van der Waals surface area contributed by atoms with Crippen LogP contribution < -0.4 is 4.74 Å². The molecule has 0 amide bonds. The van der Waals surface area contributed by atoms with Gasteiger partial charge in [0.15, 0.2) is 0 Å². The Morgan fingerprint density at radius 2 is 0.925 bits per heavy atom. The van der Waals surface area contributed by atoms with Crippen molar-refractivity contribution in [1.82, 2.24) is 0 Å². The third kappa shape index (κ3) is 14.5. The lowest BCUT2D eigenvalue weighted by molar-refractivity contribution is 0.306. The lowest BCUT2D eigenvalue weighted by atomic mass is 10.1. The van der Waals surface area contributed by atoms with Gasteiger partial charge in [0.2, 0.25) is 0 Å². The average Bonchev–Trinajstić information content (AvgIpc) is 2.97. The molecule has 4 rings (SSSR count). The topological polar surface area (TPSA) is 29.5 Å². The Labute approximate surface area is 267 Å². The van der Waals surface area contributed by atoms with Gasteiger partial charge in [-0.25, -0.2) is 0 Å². The van der Waals surface area contributed by atoms with E-state index in [1.165, 1.54) is 48.6 Å². The molecular weight excluding hydrogens is 692 g/mol. The molecule has 0 unspecified atom stereocenters. The van der Waals surface area contributed by atoms with Gasteiger partial charge in [-0.3, -0.25) is 0 Å². The van der Waals surface area contributed by atoms with Crippen LogP contribution in [0.2, 0.25) is 0 Å². The first-order chi connectivity index (χ1) is 19.0. The predicted molar refractivity (Wildman–Crippen MR) is 186 cm³/mol. The zero-order valence-corrected chi connectivity index (χ0v) is 27.6. The molecule has 40 heavy (non-hydrogen) atoms. The standard InChI is InChI=1S/C17H19BrO.C12H9BrO.C5H11Br.CH4/c1-2-3-4-13-19-17-11-7-15(8-12-17)14-5-9-16(18)10-6-14;13-11-5-1-9(2-6-11)10-3-7-12(14)8-4-10;1-2-3-4-5-6;/h5-12H,2-4,13H2,1H3;1-8,14H;2-5H2,1H3;1H4. The predicted octanol–water partition coefficient (Wildman–Crippen LogP) is 12.7. The number of unbranched alkanes of at least 4 members (excludes halogenated alkanes) is 4. The molecule has 4 aromatic rings. The van der Waals surface area contributed by atoms with Crippen LogP contribution in [0.1, 0.15) is 59.8 Å². The van der Waals surface area contributed by atoms with Gasteiger partial charge in [0.25, 0.3) is 0 Å². The van der Waals surface area contributed by atoms with Crippen molar-refractivity contribution in [1.29, 1.82) is 0 Å². The number of rotatable bonds is 10. The number of benzene rings is 4. The molecule has 0 aliphatic heterocycles. The second kappa shape index (κ2) is 21.6. The van der Waals surface area contributed by atoms with Crippen LogP contribution in [0.3, 0.4) is 0 Å². The molecule has 0 aliphatic rings. The van der Waals surface area contributed by atoms with Gasteiger partial charge < -0.3 is 9.84 Å². The van der Waals surface area contributed by atoms with Gasteiger partial charge in [0.05, 0.1) is 6.61 Å². The van der Waals surface area contributed by atoms with Crippen LogP contribution >= 0.6 is 47.8 Å². The van der Waals surface area contributed by atoms with E-state index < -0.39 is 0 Å². The SMILES string of the molecule is C.CCCCCBr.CCCCCOc1ccc(-c2ccc(Br)cc2)cc1.Oc1ccc(-c2ccc(Br)cc2)cc1. The molecule has 0 aliphatic carbocycles. The van der Waals surface area contributed by atoms with Crippen molar-refractivity contribution in [3.63, 3.8) is 0 Å². The van der Waals surface area contributed by atoms with Gasteiger partial charge in [-0.2, -0.15) is 0 Å². The highest BCUT2D eigenvalue weighted by molar-refractivity contribution is 9.10. The summed E-state index contributed by atoms with van der Waals surface area (Å²) in [7, 11) is 0. The summed E-state index contributed by atoms with van der Waals surface area (Å²) in [5, 5.41) is 10.3. The third-order valence-electron chi connectivity index (χ3n) is 5.83. The molecule has 0 saturated carbocycles. The summed E-state index contributed by atoms with van der Waals surface area (Å²) in [5.41, 5.74) is 4.69. The summed E-state index contributed by atoms with van der Waals surface area (Å²) < 4.78 is 7.88. The van der Waals surface area contributed by atoms with E-state index in [4.69, 9.17) is 9.84 Å². The van der Waals surface area contributed by atoms with Crippen molar-refractivity contribution in [2.75, 3.05) is 11.9 Å². The Bertz CT molecular complexity index is 1110. The molecule has 216 valence electrons. The van der Waals surface area contributed by atoms with E-state index in [2.05, 4.69) is 98.0 Å². The quantitative estimate of drug-likeness (QED) is 0.130. The van der Waals surface area contributed by atoms with E-state index in [1.807, 2.05) is 48.5 Å². The number of alkyl halides is 1. The largest absolute Gasteiger partial charge is 0.508 e. The maximum absolute atomic E-state index is 9.14. The number of aromatic hydroxyl groups is 1. The van der Waals surface area contributed by atoms with Crippen LogP contribution in [-0.4, -0.2) is 17.0 Å². The molecule has 0 atom stereocenters. The van der Waals surface area contributed by atoms with E-state index >= 15 is 0 Å². The molecule has 0 aromatic heterocycles. The molecular formula is C35H43Br3O2. The lowest BCUT2D eigenvalue weighted by Gasteiger charge is -2.07. The van der Waals surface area contributed by atoms with E-state index in [0.717, 1.165) is 38.8 Å². The molecule has 0 bridgehead atoms. The van der Waals surface area contributed by atoms with E-state index in [-0.39, 0.29) is 7.43 Å². The van der Waals surface area contributed by atoms with Crippen molar-refractivity contribution < 1.29 is 9.84 Å². The number of ether oxygens (including phenoxy) is 1. The Hall–Kier alpha value is -2.08. The zero-order chi connectivity index (χ0) is 28.3. The number of phenols is 1. The average molecular weight is 735 g/mol. The fourth-order valence-electron chi connectivity index (χ4n) is 3.57. The van der Waals surface area contributed by atoms with Crippen molar-refractivity contribution >= 4 is 47.8 Å². The molecule has 0 heterocycles. The van der Waals surface area contributed by atoms with Crippen molar-refractivity contribution in [2.45, 2.75) is 59.8 Å². The lowest BCUT2D eigenvalue weighted by Crippen LogP contribution is -1.96. The van der Waals surface area contributed by atoms with Crippen LogP contribution in [0.25, 0.3) is 22.3 Å². The Morgan fingerprint density at radius 1 is 0.550 bits per heavy atom. The Kier molecular flexibility index (Phi) is 19.4. The number of phenolic OH excluding ortho intramolecular Hbond substituents is 1. The minimum atomic E-state index is 0. The van der Waals surface area contributed by atoms with Gasteiger partial charge in [0, 0.05) is 14.3 Å². The molecule has 0 fully saturated rings. The Balaban J connectivity index is 0.000000335. The van der Waals surface area contributed by atoms with Gasteiger partial charge in [0.1, 0.15) is 11.5 Å². The molecule has 1 N–H and O–H groups in total. The number of hydrogen-bond acceptors (Lipinski definition) is 2. The second-order valence-electron chi connectivity index (χ2n) is 9.04. The van der Waals surface area contributed by atoms with E-state index in [0.29, 0.717) is 5.75 Å². The minimum Gasteiger partial charge on any atom is -0.508 e. The van der Waals surface area contributed by atoms with Crippen LogP contribution in [0.5, 0.6) is 11.5 Å².